The molecule has 0 fully saturated rings. The van der Waals surface area contributed by atoms with Crippen molar-refractivity contribution in [2.24, 2.45) is 0 Å². The molecule has 0 spiro atoms. The predicted molar refractivity (Wildman–Crippen MR) is 42.6 cm³/mol. The summed E-state index contributed by atoms with van der Waals surface area (Å²) in [7, 11) is -5.64. The largest absolute Gasteiger partial charge is 0.567 e. The van der Waals surface area contributed by atoms with Crippen LogP contribution in [0.5, 0.6) is 0 Å². The lowest BCUT2D eigenvalue weighted by atomic mass is 11.7. The Morgan fingerprint density at radius 2 is 1.55 bits per heavy atom. The van der Waals surface area contributed by atoms with E-state index in [1.165, 1.54) is 0 Å². The maximum absolute atomic E-state index is 11.5. The van der Waals surface area contributed by atoms with E-state index in [4.69, 9.17) is 34.8 Å². The van der Waals surface area contributed by atoms with E-state index in [-0.39, 0.29) is 0 Å². The highest BCUT2D eigenvalue weighted by Crippen LogP contribution is 2.38. The fraction of sp³-hybridized carbons (Fsp3) is 1.00. The zero-order chi connectivity index (χ0) is 9.23. The molecule has 2 atom stereocenters. The summed E-state index contributed by atoms with van der Waals surface area (Å²) in [5.41, 5.74) is 0. The molecule has 0 aliphatic carbocycles. The number of alkyl halides is 5. The molecule has 0 bridgehead atoms. The van der Waals surface area contributed by atoms with E-state index in [2.05, 4.69) is 0 Å². The van der Waals surface area contributed by atoms with E-state index in [0.29, 0.717) is 0 Å². The molecule has 2 nitrogen and oxygen atoms in total. The van der Waals surface area contributed by atoms with Crippen LogP contribution in [-0.4, -0.2) is 18.0 Å². The van der Waals surface area contributed by atoms with Gasteiger partial charge in [0.1, 0.15) is 0 Å². The third kappa shape index (κ3) is 4.21. The van der Waals surface area contributed by atoms with Crippen LogP contribution in [0.3, 0.4) is 0 Å². The van der Waals surface area contributed by atoms with E-state index in [1.807, 2.05) is 0 Å². The van der Waals surface area contributed by atoms with Crippen molar-refractivity contribution < 1.29 is 17.9 Å². The van der Waals surface area contributed by atoms with Gasteiger partial charge in [-0.1, -0.05) is 0 Å². The van der Waals surface area contributed by atoms with Crippen LogP contribution in [0.25, 0.3) is 0 Å². The number of hydrogen-bond acceptors (Lipinski definition) is 2. The molecule has 2 unspecified atom stereocenters. The van der Waals surface area contributed by atoms with Gasteiger partial charge >= 0.3 is 8.88 Å². The van der Waals surface area contributed by atoms with Crippen LogP contribution in [0.1, 0.15) is 0 Å². The second-order valence-corrected chi connectivity index (χ2v) is 8.01. The quantitative estimate of drug-likeness (QED) is 0.435. The van der Waals surface area contributed by atoms with Gasteiger partial charge in [-0.3, -0.25) is 0 Å². The van der Waals surface area contributed by atoms with Crippen molar-refractivity contribution in [3.63, 3.8) is 0 Å². The molecule has 0 N–H and O–H groups in total. The molecule has 68 valence electrons. The van der Waals surface area contributed by atoms with E-state index < -0.39 is 29.3 Å². The number of halogens is 5. The van der Waals surface area contributed by atoms with E-state index in [9.17, 15) is 17.9 Å². The Morgan fingerprint density at radius 1 is 1.18 bits per heavy atom. The smallest absolute Gasteiger partial charge is 0.444 e. The van der Waals surface area contributed by atoms with Crippen molar-refractivity contribution in [3.05, 3.63) is 0 Å². The molecule has 0 radical (unpaired) electrons. The second-order valence-electron chi connectivity index (χ2n) is 1.20. The third-order valence-electron chi connectivity index (χ3n) is 0.484. The molecule has 9 heteroatoms. The van der Waals surface area contributed by atoms with Crippen molar-refractivity contribution >= 4 is 55.2 Å². The minimum atomic E-state index is -3.27. The van der Waals surface area contributed by atoms with Gasteiger partial charge in [0.25, 0.3) is 0 Å². The maximum Gasteiger partial charge on any atom is 0.444 e. The molecule has 0 heterocycles. The molecule has 0 amide bonds. The van der Waals surface area contributed by atoms with Crippen molar-refractivity contribution in [2.75, 3.05) is 0 Å². The van der Waals surface area contributed by atoms with Gasteiger partial charge in [0.2, 0.25) is 20.4 Å². The van der Waals surface area contributed by atoms with Crippen LogP contribution >= 0.6 is 34.8 Å². The molecule has 11 heavy (non-hydrogen) atoms. The monoisotopic (exact) mass is 264 g/mol. The van der Waals surface area contributed by atoms with Crippen LogP contribution in [-0.2, 0) is 20.4 Å². The van der Waals surface area contributed by atoms with Gasteiger partial charge in [-0.2, -0.15) is 8.78 Å². The lowest BCUT2D eigenvalue weighted by Gasteiger charge is -2.15. The number of rotatable bonds is 2. The van der Waals surface area contributed by atoms with Crippen LogP contribution in [0, 0.1) is 0 Å². The van der Waals surface area contributed by atoms with Crippen LogP contribution in [0.4, 0.5) is 8.78 Å². The van der Waals surface area contributed by atoms with Crippen LogP contribution in [0.15, 0.2) is 0 Å². The summed E-state index contributed by atoms with van der Waals surface area (Å²) in [4.78, 5) is 0. The Morgan fingerprint density at radius 3 is 1.64 bits per heavy atom. The van der Waals surface area contributed by atoms with Crippen LogP contribution < -0.4 is 0 Å². The summed E-state index contributed by atoms with van der Waals surface area (Å²) >= 11 is 14.8. The first-order valence-corrected chi connectivity index (χ1v) is 5.96. The molecule has 0 aliphatic rings. The summed E-state index contributed by atoms with van der Waals surface area (Å²) in [6, 6.07) is 0. The zero-order valence-electron chi connectivity index (χ0n) is 4.60. The van der Waals surface area contributed by atoms with Gasteiger partial charge < -0.3 is 9.11 Å². The molecule has 0 rings (SSSR count). The van der Waals surface area contributed by atoms with Crippen molar-refractivity contribution in [3.8, 4) is 0 Å². The van der Waals surface area contributed by atoms with Gasteiger partial charge in [0.05, 0.1) is 0 Å². The maximum atomic E-state index is 11.5. The summed E-state index contributed by atoms with van der Waals surface area (Å²) < 4.78 is 41.5. The predicted octanol–water partition coefficient (Wildman–Crippen LogP) is 1.95. The topological polar surface area (TPSA) is 46.1 Å². The SMILES string of the molecule is [O-][S+](C(F)F)[S+]([O-])C(Cl)(Cl)Cl. The molecular formula is C2HCl3F2O2S2. The summed E-state index contributed by atoms with van der Waals surface area (Å²) in [6.07, 6.45) is 0. The lowest BCUT2D eigenvalue weighted by molar-refractivity contribution is 0.238. The minimum absolute atomic E-state index is 2.43. The first-order chi connectivity index (χ1) is 4.76. The number of hydrogen-bond donors (Lipinski definition) is 0. The highest BCUT2D eigenvalue weighted by Gasteiger charge is 2.51. The van der Waals surface area contributed by atoms with Gasteiger partial charge in [-0.05, 0) is 34.8 Å². The Bertz CT molecular complexity index is 131. The summed E-state index contributed by atoms with van der Waals surface area (Å²) in [5.74, 6) is -3.27. The first-order valence-electron chi connectivity index (χ1n) is 1.94. The summed E-state index contributed by atoms with van der Waals surface area (Å²) in [5, 5.41) is 0. The average molecular weight is 266 g/mol. The summed E-state index contributed by atoms with van der Waals surface area (Å²) in [6.45, 7) is 0. The molecule has 0 aromatic rings. The third-order valence-corrected chi connectivity index (χ3v) is 5.62. The zero-order valence-corrected chi connectivity index (χ0v) is 8.50. The van der Waals surface area contributed by atoms with E-state index in [1.54, 1.807) is 0 Å². The molecule has 0 aromatic carbocycles. The van der Waals surface area contributed by atoms with Gasteiger partial charge in [-0.15, -0.1) is 0 Å². The Hall–Kier alpha value is 1.35. The Balaban J connectivity index is 4.13. The average Bonchev–Trinajstić information content (AvgIpc) is 1.82. The van der Waals surface area contributed by atoms with Crippen molar-refractivity contribution in [1.29, 1.82) is 0 Å². The van der Waals surface area contributed by atoms with Gasteiger partial charge in [0, 0.05) is 0 Å². The molecular weight excluding hydrogens is 265 g/mol. The standard InChI is InChI=1S/C2HCl3F2O2S2/c3-2(4,5)11(9)10(8)1(6)7/h1H. The first kappa shape index (κ1) is 12.3. The van der Waals surface area contributed by atoms with Crippen molar-refractivity contribution in [1.82, 2.24) is 0 Å². The Labute approximate surface area is 81.9 Å². The fourth-order valence-electron chi connectivity index (χ4n) is 0.159. The fourth-order valence-corrected chi connectivity index (χ4v) is 3.11. The van der Waals surface area contributed by atoms with Gasteiger partial charge in [-0.25, -0.2) is 0 Å². The molecule has 0 aliphatic heterocycles. The van der Waals surface area contributed by atoms with Gasteiger partial charge in [0.15, 0.2) is 0 Å². The highest BCUT2D eigenvalue weighted by molar-refractivity contribution is 8.68. The molecule has 0 saturated carbocycles. The Kier molecular flexibility index (Phi) is 5.11. The second kappa shape index (κ2) is 4.55. The lowest BCUT2D eigenvalue weighted by Crippen LogP contribution is -2.32. The van der Waals surface area contributed by atoms with Crippen molar-refractivity contribution in [2.45, 2.75) is 8.88 Å². The van der Waals surface area contributed by atoms with Crippen LogP contribution in [0.2, 0.25) is 0 Å². The molecule has 0 aromatic heterocycles. The van der Waals surface area contributed by atoms with E-state index in [0.717, 1.165) is 0 Å². The minimum Gasteiger partial charge on any atom is -0.567 e. The highest BCUT2D eigenvalue weighted by atomic mass is 35.6. The van der Waals surface area contributed by atoms with E-state index >= 15 is 0 Å². The molecule has 0 saturated heterocycles. The normalized spacial score (nSPS) is 18.5.